The van der Waals surface area contributed by atoms with Crippen molar-refractivity contribution in [3.8, 4) is 0 Å². The molecule has 1 atom stereocenters. The first-order valence-electron chi connectivity index (χ1n) is 8.29. The third-order valence-electron chi connectivity index (χ3n) is 4.40. The Balaban J connectivity index is 1.73. The first kappa shape index (κ1) is 20.4. The number of hydrogen-bond donors (Lipinski definition) is 1. The molecule has 144 valence electrons. The first-order chi connectivity index (χ1) is 12.8. The van der Waals surface area contributed by atoms with Crippen LogP contribution in [0.2, 0.25) is 0 Å². The van der Waals surface area contributed by atoms with Gasteiger partial charge in [-0.3, -0.25) is 4.79 Å². The van der Waals surface area contributed by atoms with Crippen molar-refractivity contribution in [3.63, 3.8) is 0 Å². The molecule has 0 unspecified atom stereocenters. The summed E-state index contributed by atoms with van der Waals surface area (Å²) < 4.78 is 42.3. The van der Waals surface area contributed by atoms with Crippen molar-refractivity contribution in [2.75, 3.05) is 18.4 Å². The van der Waals surface area contributed by atoms with Crippen LogP contribution >= 0.6 is 31.9 Å². The maximum Gasteiger partial charge on any atom is 0.243 e. The summed E-state index contributed by atoms with van der Waals surface area (Å²) in [5.74, 6) is -1.47. The molecule has 0 aromatic heterocycles. The van der Waals surface area contributed by atoms with E-state index in [1.165, 1.54) is 28.6 Å². The summed E-state index contributed by atoms with van der Waals surface area (Å²) in [4.78, 5) is 12.7. The molecule has 27 heavy (non-hydrogen) atoms. The number of anilines is 1. The number of carbonyl (C=O) groups excluding carboxylic acids is 1. The number of hydrogen-bond acceptors (Lipinski definition) is 3. The summed E-state index contributed by atoms with van der Waals surface area (Å²) in [5.41, 5.74) is 0.0797. The maximum absolute atomic E-state index is 13.9. The molecule has 1 amide bonds. The Bertz CT molecular complexity index is 952. The van der Waals surface area contributed by atoms with Gasteiger partial charge in [-0.1, -0.05) is 31.9 Å². The fraction of sp³-hybridized carbons (Fsp3) is 0.278. The van der Waals surface area contributed by atoms with E-state index in [9.17, 15) is 17.6 Å². The summed E-state index contributed by atoms with van der Waals surface area (Å²) in [7, 11) is -3.68. The van der Waals surface area contributed by atoms with Crippen LogP contribution in [0, 0.1) is 11.7 Å². The van der Waals surface area contributed by atoms with E-state index in [1.807, 2.05) is 0 Å². The van der Waals surface area contributed by atoms with E-state index in [1.54, 1.807) is 18.2 Å². The number of nitrogens with zero attached hydrogens (tertiary/aromatic N) is 1. The number of halogens is 3. The highest BCUT2D eigenvalue weighted by Crippen LogP contribution is 2.26. The van der Waals surface area contributed by atoms with E-state index < -0.39 is 21.8 Å². The monoisotopic (exact) mass is 518 g/mol. The average molecular weight is 520 g/mol. The molecule has 1 fully saturated rings. The number of sulfonamides is 1. The molecule has 1 N–H and O–H groups in total. The molecule has 2 aromatic rings. The first-order valence-corrected chi connectivity index (χ1v) is 11.3. The number of carbonyl (C=O) groups is 1. The molecule has 1 saturated heterocycles. The smallest absolute Gasteiger partial charge is 0.243 e. The lowest BCUT2D eigenvalue weighted by atomic mass is 9.98. The maximum atomic E-state index is 13.9. The number of nitrogens with one attached hydrogen (secondary N) is 1. The quantitative estimate of drug-likeness (QED) is 0.651. The molecule has 9 heteroatoms. The summed E-state index contributed by atoms with van der Waals surface area (Å²) >= 11 is 6.45. The van der Waals surface area contributed by atoms with E-state index in [-0.39, 0.29) is 23.0 Å². The van der Waals surface area contributed by atoms with Gasteiger partial charge < -0.3 is 5.32 Å². The largest absolute Gasteiger partial charge is 0.323 e. The second kappa shape index (κ2) is 8.38. The molecule has 0 spiro atoms. The van der Waals surface area contributed by atoms with Crippen molar-refractivity contribution in [1.29, 1.82) is 0 Å². The fourth-order valence-corrected chi connectivity index (χ4v) is 5.08. The Kier molecular flexibility index (Phi) is 6.35. The Morgan fingerprint density at radius 2 is 1.78 bits per heavy atom. The SMILES string of the molecule is O=C(Nc1ccc(Br)cc1F)[C@@H]1CCCN(S(=O)(=O)c2ccc(Br)cc2)C1. The lowest BCUT2D eigenvalue weighted by molar-refractivity contribution is -0.120. The van der Waals surface area contributed by atoms with E-state index in [2.05, 4.69) is 37.2 Å². The third-order valence-corrected chi connectivity index (χ3v) is 7.30. The van der Waals surface area contributed by atoms with Crippen LogP contribution in [0.4, 0.5) is 10.1 Å². The van der Waals surface area contributed by atoms with Gasteiger partial charge in [0.25, 0.3) is 0 Å². The second-order valence-corrected chi connectivity index (χ2v) is 10.0. The molecule has 5 nitrogen and oxygen atoms in total. The Morgan fingerprint density at radius 1 is 1.11 bits per heavy atom. The van der Waals surface area contributed by atoms with Gasteiger partial charge >= 0.3 is 0 Å². The molecule has 3 rings (SSSR count). The normalized spacial score (nSPS) is 18.3. The molecule has 0 aliphatic carbocycles. The van der Waals surface area contributed by atoms with Crippen LogP contribution in [0.5, 0.6) is 0 Å². The number of rotatable bonds is 4. The highest BCUT2D eigenvalue weighted by molar-refractivity contribution is 9.10. The zero-order valence-corrected chi connectivity index (χ0v) is 18.1. The van der Waals surface area contributed by atoms with E-state index in [0.717, 1.165) is 4.47 Å². The van der Waals surface area contributed by atoms with Gasteiger partial charge in [-0.15, -0.1) is 0 Å². The van der Waals surface area contributed by atoms with Crippen LogP contribution in [0.25, 0.3) is 0 Å². The van der Waals surface area contributed by atoms with Gasteiger partial charge in [0.2, 0.25) is 15.9 Å². The van der Waals surface area contributed by atoms with Crippen molar-refractivity contribution in [3.05, 3.63) is 57.2 Å². The molecule has 1 heterocycles. The minimum absolute atomic E-state index is 0.0718. The van der Waals surface area contributed by atoms with Gasteiger partial charge in [0.05, 0.1) is 16.5 Å². The molecule has 0 radical (unpaired) electrons. The van der Waals surface area contributed by atoms with Gasteiger partial charge in [0, 0.05) is 22.0 Å². The van der Waals surface area contributed by atoms with E-state index >= 15 is 0 Å². The van der Waals surface area contributed by atoms with Crippen molar-refractivity contribution < 1.29 is 17.6 Å². The van der Waals surface area contributed by atoms with Crippen molar-refractivity contribution in [1.82, 2.24) is 4.31 Å². The standard InChI is InChI=1S/C18H17Br2FN2O3S/c19-13-3-6-15(7-4-13)27(25,26)23-9-1-2-12(11-23)18(24)22-17-8-5-14(20)10-16(17)21/h3-8,10,12H,1-2,9,11H2,(H,22,24)/t12-/m1/s1. The predicted octanol–water partition coefficient (Wildman–Crippen LogP) is 4.39. The summed E-state index contributed by atoms with van der Waals surface area (Å²) in [5, 5.41) is 2.56. The number of benzene rings is 2. The minimum atomic E-state index is -3.68. The minimum Gasteiger partial charge on any atom is -0.323 e. The molecular weight excluding hydrogens is 503 g/mol. The van der Waals surface area contributed by atoms with Crippen molar-refractivity contribution in [2.24, 2.45) is 5.92 Å². The average Bonchev–Trinajstić information content (AvgIpc) is 2.64. The Morgan fingerprint density at radius 3 is 2.44 bits per heavy atom. The lowest BCUT2D eigenvalue weighted by Crippen LogP contribution is -2.43. The Labute approximate surface area is 174 Å². The third kappa shape index (κ3) is 4.77. The van der Waals surface area contributed by atoms with Crippen LogP contribution in [-0.2, 0) is 14.8 Å². The van der Waals surface area contributed by atoms with E-state index in [0.29, 0.717) is 23.9 Å². The van der Waals surface area contributed by atoms with E-state index in [4.69, 9.17) is 0 Å². The second-order valence-electron chi connectivity index (χ2n) is 6.27. The molecular formula is C18H17Br2FN2O3S. The summed E-state index contributed by atoms with van der Waals surface area (Å²) in [6, 6.07) is 10.7. The van der Waals surface area contributed by atoms with Crippen molar-refractivity contribution >= 4 is 53.5 Å². The highest BCUT2D eigenvalue weighted by Gasteiger charge is 2.33. The van der Waals surface area contributed by atoms with Gasteiger partial charge in [-0.2, -0.15) is 4.31 Å². The predicted molar refractivity (Wildman–Crippen MR) is 108 cm³/mol. The van der Waals surface area contributed by atoms with Crippen LogP contribution in [0.1, 0.15) is 12.8 Å². The molecule has 0 bridgehead atoms. The summed E-state index contributed by atoms with van der Waals surface area (Å²) in [6.07, 6.45) is 1.12. The van der Waals surface area contributed by atoms with Crippen LogP contribution in [0.15, 0.2) is 56.3 Å². The van der Waals surface area contributed by atoms with Crippen molar-refractivity contribution in [2.45, 2.75) is 17.7 Å². The topological polar surface area (TPSA) is 66.5 Å². The highest BCUT2D eigenvalue weighted by atomic mass is 79.9. The zero-order chi connectivity index (χ0) is 19.6. The number of amides is 1. The lowest BCUT2D eigenvalue weighted by Gasteiger charge is -2.31. The zero-order valence-electron chi connectivity index (χ0n) is 14.2. The molecule has 1 aliphatic heterocycles. The van der Waals surface area contributed by atoms with Crippen LogP contribution in [-0.4, -0.2) is 31.7 Å². The van der Waals surface area contributed by atoms with Crippen LogP contribution in [0.3, 0.4) is 0 Å². The van der Waals surface area contributed by atoms with Gasteiger partial charge in [-0.25, -0.2) is 12.8 Å². The number of piperidine rings is 1. The Hall–Kier alpha value is -1.29. The fourth-order valence-electron chi connectivity index (χ4n) is 2.96. The van der Waals surface area contributed by atoms with Gasteiger partial charge in [0.1, 0.15) is 5.82 Å². The summed E-state index contributed by atoms with van der Waals surface area (Å²) in [6.45, 7) is 0.428. The van der Waals surface area contributed by atoms with Gasteiger partial charge in [0.15, 0.2) is 0 Å². The molecule has 1 aliphatic rings. The van der Waals surface area contributed by atoms with Gasteiger partial charge in [-0.05, 0) is 55.3 Å². The molecule has 0 saturated carbocycles. The molecule has 2 aromatic carbocycles. The van der Waals surface area contributed by atoms with Crippen LogP contribution < -0.4 is 5.32 Å².